The molecule has 110 valence electrons. The van der Waals surface area contributed by atoms with Gasteiger partial charge in [-0.15, -0.1) is 0 Å². The lowest BCUT2D eigenvalue weighted by Gasteiger charge is -2.16. The molecular formula is C14H17FN6. The van der Waals surface area contributed by atoms with Gasteiger partial charge < -0.3 is 16.0 Å². The molecule has 1 aromatic heterocycles. The fraction of sp³-hybridized carbons (Fsp3) is 0.357. The Bertz CT molecular complexity index is 654. The van der Waals surface area contributed by atoms with Gasteiger partial charge in [0.25, 0.3) is 0 Å². The lowest BCUT2D eigenvalue weighted by molar-refractivity contribution is 0.631. The molecule has 1 aliphatic heterocycles. The molecule has 21 heavy (non-hydrogen) atoms. The molecule has 0 spiro atoms. The van der Waals surface area contributed by atoms with Gasteiger partial charge in [-0.1, -0.05) is 6.07 Å². The van der Waals surface area contributed by atoms with Crippen LogP contribution in [0.25, 0.3) is 0 Å². The van der Waals surface area contributed by atoms with E-state index in [1.165, 1.54) is 6.07 Å². The van der Waals surface area contributed by atoms with E-state index in [-0.39, 0.29) is 17.7 Å². The summed E-state index contributed by atoms with van der Waals surface area (Å²) >= 11 is 0. The quantitative estimate of drug-likeness (QED) is 0.901. The fourth-order valence-corrected chi connectivity index (χ4v) is 2.35. The Labute approximate surface area is 122 Å². The molecule has 1 aromatic carbocycles. The van der Waals surface area contributed by atoms with Crippen LogP contribution in [0, 0.1) is 12.7 Å². The highest BCUT2D eigenvalue weighted by Crippen LogP contribution is 2.22. The zero-order valence-corrected chi connectivity index (χ0v) is 11.8. The van der Waals surface area contributed by atoms with Gasteiger partial charge in [0.2, 0.25) is 17.8 Å². The van der Waals surface area contributed by atoms with Gasteiger partial charge in [0.1, 0.15) is 5.82 Å². The second kappa shape index (κ2) is 5.51. The Balaban J connectivity index is 1.89. The topological polar surface area (TPSA) is 80.0 Å². The van der Waals surface area contributed by atoms with Gasteiger partial charge in [0, 0.05) is 13.1 Å². The number of hydrogen-bond acceptors (Lipinski definition) is 6. The summed E-state index contributed by atoms with van der Waals surface area (Å²) in [5.74, 6) is 0.564. The van der Waals surface area contributed by atoms with Gasteiger partial charge >= 0.3 is 0 Å². The largest absolute Gasteiger partial charge is 0.368 e. The number of nitrogens with one attached hydrogen (secondary N) is 1. The summed E-state index contributed by atoms with van der Waals surface area (Å²) in [6, 6.07) is 4.81. The second-order valence-corrected chi connectivity index (χ2v) is 5.12. The van der Waals surface area contributed by atoms with Crippen LogP contribution in [0.1, 0.15) is 18.4 Å². The minimum atomic E-state index is -0.359. The summed E-state index contributed by atoms with van der Waals surface area (Å²) in [6.45, 7) is 3.70. The number of hydrogen-bond donors (Lipinski definition) is 2. The predicted molar refractivity (Wildman–Crippen MR) is 80.1 cm³/mol. The van der Waals surface area contributed by atoms with Crippen LogP contribution in [0.3, 0.4) is 0 Å². The first-order valence-electron chi connectivity index (χ1n) is 6.91. The third-order valence-corrected chi connectivity index (χ3v) is 3.40. The average molecular weight is 288 g/mol. The van der Waals surface area contributed by atoms with E-state index in [0.717, 1.165) is 31.5 Å². The van der Waals surface area contributed by atoms with E-state index in [0.29, 0.717) is 11.6 Å². The molecule has 0 saturated carbocycles. The van der Waals surface area contributed by atoms with Gasteiger partial charge in [0.05, 0.1) is 5.69 Å². The first-order valence-corrected chi connectivity index (χ1v) is 6.91. The molecule has 0 radical (unpaired) electrons. The number of rotatable bonds is 3. The van der Waals surface area contributed by atoms with Gasteiger partial charge in [-0.25, -0.2) is 4.39 Å². The molecule has 2 aromatic rings. The van der Waals surface area contributed by atoms with E-state index in [1.807, 2.05) is 6.92 Å². The molecule has 3 rings (SSSR count). The smallest absolute Gasteiger partial charge is 0.233 e. The zero-order valence-electron chi connectivity index (χ0n) is 11.8. The Kier molecular flexibility index (Phi) is 3.55. The van der Waals surface area contributed by atoms with Crippen LogP contribution in [-0.2, 0) is 0 Å². The molecule has 7 heteroatoms. The molecule has 0 amide bonds. The number of nitrogen functional groups attached to an aromatic ring is 1. The number of aryl methyl sites for hydroxylation is 1. The van der Waals surface area contributed by atoms with Crippen molar-refractivity contribution in [1.29, 1.82) is 0 Å². The summed E-state index contributed by atoms with van der Waals surface area (Å²) < 4.78 is 13.8. The molecule has 6 nitrogen and oxygen atoms in total. The van der Waals surface area contributed by atoms with Crippen molar-refractivity contribution >= 4 is 23.5 Å². The van der Waals surface area contributed by atoms with Crippen molar-refractivity contribution in [1.82, 2.24) is 15.0 Å². The molecule has 3 N–H and O–H groups in total. The molecule has 0 atom stereocenters. The molecule has 1 saturated heterocycles. The second-order valence-electron chi connectivity index (χ2n) is 5.12. The van der Waals surface area contributed by atoms with E-state index in [4.69, 9.17) is 5.73 Å². The number of nitrogens with two attached hydrogens (primary N) is 1. The maximum Gasteiger partial charge on any atom is 0.233 e. The molecule has 1 aliphatic rings. The van der Waals surface area contributed by atoms with Gasteiger partial charge in [-0.2, -0.15) is 15.0 Å². The van der Waals surface area contributed by atoms with E-state index in [9.17, 15) is 4.39 Å². The van der Waals surface area contributed by atoms with Crippen molar-refractivity contribution < 1.29 is 4.39 Å². The lowest BCUT2D eigenvalue weighted by atomic mass is 10.2. The van der Waals surface area contributed by atoms with Crippen molar-refractivity contribution in [2.45, 2.75) is 19.8 Å². The summed E-state index contributed by atoms with van der Waals surface area (Å²) in [5, 5.41) is 2.87. The summed E-state index contributed by atoms with van der Waals surface area (Å²) in [5.41, 5.74) is 7.00. The van der Waals surface area contributed by atoms with Gasteiger partial charge in [0.15, 0.2) is 0 Å². The van der Waals surface area contributed by atoms with Gasteiger partial charge in [-0.05, 0) is 37.5 Å². The first kappa shape index (κ1) is 13.5. The van der Waals surface area contributed by atoms with E-state index < -0.39 is 0 Å². The monoisotopic (exact) mass is 288 g/mol. The maximum absolute atomic E-state index is 13.8. The summed E-state index contributed by atoms with van der Waals surface area (Å²) in [6.07, 6.45) is 2.22. The third kappa shape index (κ3) is 3.01. The van der Waals surface area contributed by atoms with Crippen LogP contribution in [0.2, 0.25) is 0 Å². The van der Waals surface area contributed by atoms with E-state index in [1.54, 1.807) is 12.1 Å². The number of aromatic nitrogens is 3. The van der Waals surface area contributed by atoms with Crippen LogP contribution in [0.5, 0.6) is 0 Å². The SMILES string of the molecule is Cc1ccc(F)c(Nc2nc(N)nc(N3CCCC3)n2)c1. The molecular weight excluding hydrogens is 271 g/mol. The summed E-state index contributed by atoms with van der Waals surface area (Å²) in [4.78, 5) is 14.5. The van der Waals surface area contributed by atoms with Crippen LogP contribution in [0.4, 0.5) is 27.9 Å². The lowest BCUT2D eigenvalue weighted by Crippen LogP contribution is -2.22. The fourth-order valence-electron chi connectivity index (χ4n) is 2.35. The van der Waals surface area contributed by atoms with Crippen molar-refractivity contribution in [3.8, 4) is 0 Å². The van der Waals surface area contributed by atoms with Gasteiger partial charge in [-0.3, -0.25) is 0 Å². The third-order valence-electron chi connectivity index (χ3n) is 3.40. The van der Waals surface area contributed by atoms with E-state index in [2.05, 4.69) is 25.2 Å². The van der Waals surface area contributed by atoms with Crippen molar-refractivity contribution in [2.75, 3.05) is 29.0 Å². The van der Waals surface area contributed by atoms with E-state index >= 15 is 0 Å². The van der Waals surface area contributed by atoms with Crippen LogP contribution in [-0.4, -0.2) is 28.0 Å². The highest BCUT2D eigenvalue weighted by atomic mass is 19.1. The number of anilines is 4. The van der Waals surface area contributed by atoms with Crippen LogP contribution < -0.4 is 16.0 Å². The average Bonchev–Trinajstić information content (AvgIpc) is 2.96. The Morgan fingerprint density at radius 2 is 1.95 bits per heavy atom. The normalized spacial score (nSPS) is 14.5. The zero-order chi connectivity index (χ0) is 14.8. The van der Waals surface area contributed by atoms with Crippen molar-refractivity contribution in [2.24, 2.45) is 0 Å². The van der Waals surface area contributed by atoms with Crippen LogP contribution >= 0.6 is 0 Å². The Hall–Kier alpha value is -2.44. The van der Waals surface area contributed by atoms with Crippen molar-refractivity contribution in [3.05, 3.63) is 29.6 Å². The Morgan fingerprint density at radius 1 is 1.19 bits per heavy atom. The first-order chi connectivity index (χ1) is 10.1. The summed E-state index contributed by atoms with van der Waals surface area (Å²) in [7, 11) is 0. The number of nitrogens with zero attached hydrogens (tertiary/aromatic N) is 4. The highest BCUT2D eigenvalue weighted by Gasteiger charge is 2.17. The minimum absolute atomic E-state index is 0.127. The van der Waals surface area contributed by atoms with Crippen molar-refractivity contribution in [3.63, 3.8) is 0 Å². The highest BCUT2D eigenvalue weighted by molar-refractivity contribution is 5.57. The number of benzene rings is 1. The molecule has 1 fully saturated rings. The predicted octanol–water partition coefficient (Wildman–Crippen LogP) is 2.25. The van der Waals surface area contributed by atoms with Crippen LogP contribution in [0.15, 0.2) is 18.2 Å². The molecule has 0 unspecified atom stereocenters. The minimum Gasteiger partial charge on any atom is -0.368 e. The molecule has 0 bridgehead atoms. The Morgan fingerprint density at radius 3 is 2.71 bits per heavy atom. The molecule has 2 heterocycles. The number of halogens is 1. The molecule has 0 aliphatic carbocycles. The maximum atomic E-state index is 13.8. The standard InChI is InChI=1S/C14H17FN6/c1-9-4-5-10(15)11(8-9)17-13-18-12(16)19-14(20-13)21-6-2-3-7-21/h4-5,8H,2-3,6-7H2,1H3,(H3,16,17,18,19,20).